The summed E-state index contributed by atoms with van der Waals surface area (Å²) in [6, 6.07) is 20.4. The predicted molar refractivity (Wildman–Crippen MR) is 163 cm³/mol. The molecule has 6 heteroatoms. The largest absolute Gasteiger partial charge is 0.390 e. The topological polar surface area (TPSA) is 72.9 Å². The zero-order chi connectivity index (χ0) is 29.0. The van der Waals surface area contributed by atoms with E-state index in [1.807, 2.05) is 62.1 Å². The molecule has 2 saturated heterocycles. The summed E-state index contributed by atoms with van der Waals surface area (Å²) in [4.78, 5) is 31.4. The summed E-state index contributed by atoms with van der Waals surface area (Å²) in [5.41, 5.74) is 2.09. The number of benzene rings is 2. The molecular formula is C35H49N3O3. The number of piperidine rings is 1. The van der Waals surface area contributed by atoms with Crippen LogP contribution in [0.25, 0.3) is 0 Å². The van der Waals surface area contributed by atoms with Gasteiger partial charge in [0.1, 0.15) is 0 Å². The number of aliphatic hydroxyl groups is 1. The maximum Gasteiger partial charge on any atom is 0.237 e. The maximum absolute atomic E-state index is 13.8. The number of likely N-dealkylation sites (tertiary alicyclic amines) is 2. The van der Waals surface area contributed by atoms with Crippen LogP contribution in [0.15, 0.2) is 60.7 Å². The van der Waals surface area contributed by atoms with Crippen LogP contribution in [-0.4, -0.2) is 70.1 Å². The van der Waals surface area contributed by atoms with E-state index in [1.165, 1.54) is 36.8 Å². The molecule has 5 rings (SSSR count). The van der Waals surface area contributed by atoms with Crippen LogP contribution < -0.4 is 5.32 Å². The Morgan fingerprint density at radius 2 is 1.51 bits per heavy atom. The lowest BCUT2D eigenvalue weighted by Gasteiger charge is -2.46. The lowest BCUT2D eigenvalue weighted by molar-refractivity contribution is -0.136. The Morgan fingerprint density at radius 3 is 2.15 bits per heavy atom. The average molecular weight is 560 g/mol. The molecule has 41 heavy (non-hydrogen) atoms. The predicted octanol–water partition coefficient (Wildman–Crippen LogP) is 4.85. The number of β-amino-alcohol motifs (C(OH)–C–C–N with tert-alkyl or cyclic N) is 1. The van der Waals surface area contributed by atoms with Crippen LogP contribution in [0.1, 0.15) is 70.4 Å². The third-order valence-electron chi connectivity index (χ3n) is 9.42. The van der Waals surface area contributed by atoms with Crippen LogP contribution in [-0.2, 0) is 22.4 Å². The van der Waals surface area contributed by atoms with Crippen molar-refractivity contribution in [2.75, 3.05) is 19.6 Å². The number of carbonyl (C=O) groups is 2. The summed E-state index contributed by atoms with van der Waals surface area (Å²) in [7, 11) is 0. The van der Waals surface area contributed by atoms with Crippen LogP contribution in [0.4, 0.5) is 0 Å². The molecule has 0 radical (unpaired) electrons. The first-order chi connectivity index (χ1) is 19.7. The van der Waals surface area contributed by atoms with Crippen molar-refractivity contribution in [2.24, 2.45) is 17.8 Å². The summed E-state index contributed by atoms with van der Waals surface area (Å²) < 4.78 is 0. The molecule has 2 aliphatic heterocycles. The highest BCUT2D eigenvalue weighted by molar-refractivity contribution is 5.83. The van der Waals surface area contributed by atoms with Gasteiger partial charge in [-0.3, -0.25) is 14.5 Å². The van der Waals surface area contributed by atoms with Crippen molar-refractivity contribution in [1.82, 2.24) is 15.1 Å². The normalized spacial score (nSPS) is 27.9. The monoisotopic (exact) mass is 559 g/mol. The van der Waals surface area contributed by atoms with Gasteiger partial charge in [0.25, 0.3) is 0 Å². The van der Waals surface area contributed by atoms with Crippen LogP contribution in [0.2, 0.25) is 0 Å². The summed E-state index contributed by atoms with van der Waals surface area (Å²) >= 11 is 0. The standard InChI is InChI=1S/C35H49N3O3/c1-35(2,3)36-33(40)32-21-27-16-10-11-17-28(27)22-37(32)23-31(39)24-38-30(19-26-14-8-5-9-15-26)20-29(34(38)41)18-25-12-6-4-7-13-25/h4-9,12-15,27-32,39H,10-11,16-24H2,1-3H3,(H,36,40)/t27-,28+,29?,30?,31?,32?/m0/s1. The first kappa shape index (κ1) is 29.8. The molecule has 2 aromatic rings. The molecule has 1 saturated carbocycles. The van der Waals surface area contributed by atoms with E-state index in [-0.39, 0.29) is 35.4 Å². The SMILES string of the molecule is CC(C)(C)NC(=O)C1C[C@@H]2CCCC[C@@H]2CN1CC(O)CN1C(=O)C(Cc2ccccc2)CC1Cc1ccccc1. The molecule has 4 unspecified atom stereocenters. The van der Waals surface area contributed by atoms with E-state index in [2.05, 4.69) is 34.5 Å². The molecule has 0 aromatic heterocycles. The molecule has 3 aliphatic rings. The second kappa shape index (κ2) is 13.1. The molecular weight excluding hydrogens is 510 g/mol. The number of fused-ring (bicyclic) bond motifs is 1. The molecule has 2 N–H and O–H groups in total. The summed E-state index contributed by atoms with van der Waals surface area (Å²) in [5.74, 6) is 1.30. The molecule has 0 bridgehead atoms. The molecule has 2 amide bonds. The Balaban J connectivity index is 1.30. The zero-order valence-electron chi connectivity index (χ0n) is 25.2. The van der Waals surface area contributed by atoms with E-state index in [9.17, 15) is 14.7 Å². The van der Waals surface area contributed by atoms with Gasteiger partial charge in [0.05, 0.1) is 12.1 Å². The van der Waals surface area contributed by atoms with Crippen LogP contribution in [0.5, 0.6) is 0 Å². The second-order valence-corrected chi connectivity index (χ2v) is 13.9. The molecule has 222 valence electrons. The first-order valence-electron chi connectivity index (χ1n) is 15.8. The quantitative estimate of drug-likeness (QED) is 0.461. The molecule has 2 heterocycles. The van der Waals surface area contributed by atoms with Crippen molar-refractivity contribution in [3.8, 4) is 0 Å². The fourth-order valence-corrected chi connectivity index (χ4v) is 7.54. The van der Waals surface area contributed by atoms with Crippen molar-refractivity contribution in [1.29, 1.82) is 0 Å². The zero-order valence-corrected chi connectivity index (χ0v) is 25.2. The van der Waals surface area contributed by atoms with E-state index in [0.29, 0.717) is 24.9 Å². The summed E-state index contributed by atoms with van der Waals surface area (Å²) in [6.07, 6.45) is 7.36. The van der Waals surface area contributed by atoms with E-state index in [4.69, 9.17) is 0 Å². The minimum absolute atomic E-state index is 0.0531. The van der Waals surface area contributed by atoms with Crippen LogP contribution in [0, 0.1) is 17.8 Å². The summed E-state index contributed by atoms with van der Waals surface area (Å²) in [5, 5.41) is 14.7. The highest BCUT2D eigenvalue weighted by Gasteiger charge is 2.43. The lowest BCUT2D eigenvalue weighted by Crippen LogP contribution is -2.59. The first-order valence-corrected chi connectivity index (χ1v) is 15.8. The van der Waals surface area contributed by atoms with E-state index < -0.39 is 6.10 Å². The van der Waals surface area contributed by atoms with E-state index in [1.54, 1.807) is 0 Å². The molecule has 1 aliphatic carbocycles. The number of nitrogens with one attached hydrogen (secondary N) is 1. The van der Waals surface area contributed by atoms with Gasteiger partial charge in [0.2, 0.25) is 11.8 Å². The second-order valence-electron chi connectivity index (χ2n) is 13.9. The van der Waals surface area contributed by atoms with Gasteiger partial charge in [-0.2, -0.15) is 0 Å². The minimum Gasteiger partial charge on any atom is -0.390 e. The fourth-order valence-electron chi connectivity index (χ4n) is 7.54. The van der Waals surface area contributed by atoms with Gasteiger partial charge in [0, 0.05) is 37.1 Å². The highest BCUT2D eigenvalue weighted by Crippen LogP contribution is 2.39. The molecule has 0 spiro atoms. The smallest absolute Gasteiger partial charge is 0.237 e. The molecule has 6 nitrogen and oxygen atoms in total. The minimum atomic E-state index is -0.710. The third-order valence-corrected chi connectivity index (χ3v) is 9.42. The van der Waals surface area contributed by atoms with Gasteiger partial charge in [-0.15, -0.1) is 0 Å². The van der Waals surface area contributed by atoms with Crippen molar-refractivity contribution < 1.29 is 14.7 Å². The number of rotatable bonds is 9. The molecule has 2 aromatic carbocycles. The number of amides is 2. The molecule has 3 fully saturated rings. The number of hydrogen-bond acceptors (Lipinski definition) is 4. The summed E-state index contributed by atoms with van der Waals surface area (Å²) in [6.45, 7) is 7.63. The van der Waals surface area contributed by atoms with Gasteiger partial charge in [-0.1, -0.05) is 79.9 Å². The Hall–Kier alpha value is -2.70. The Morgan fingerprint density at radius 1 is 0.902 bits per heavy atom. The van der Waals surface area contributed by atoms with Gasteiger partial charge < -0.3 is 15.3 Å². The number of nitrogens with zero attached hydrogens (tertiary/aromatic N) is 2. The Kier molecular flexibility index (Phi) is 9.50. The van der Waals surface area contributed by atoms with E-state index >= 15 is 0 Å². The average Bonchev–Trinajstić information content (AvgIpc) is 3.21. The highest BCUT2D eigenvalue weighted by atomic mass is 16.3. The van der Waals surface area contributed by atoms with Crippen LogP contribution in [0.3, 0.4) is 0 Å². The third kappa shape index (κ3) is 7.78. The van der Waals surface area contributed by atoms with Crippen molar-refractivity contribution in [2.45, 2.75) is 95.9 Å². The van der Waals surface area contributed by atoms with Crippen molar-refractivity contribution in [3.63, 3.8) is 0 Å². The van der Waals surface area contributed by atoms with Gasteiger partial charge >= 0.3 is 0 Å². The van der Waals surface area contributed by atoms with E-state index in [0.717, 1.165) is 32.2 Å². The van der Waals surface area contributed by atoms with Gasteiger partial charge in [-0.25, -0.2) is 0 Å². The number of hydrogen-bond donors (Lipinski definition) is 2. The van der Waals surface area contributed by atoms with Crippen molar-refractivity contribution in [3.05, 3.63) is 71.8 Å². The lowest BCUT2D eigenvalue weighted by atomic mass is 9.72. The van der Waals surface area contributed by atoms with Crippen LogP contribution >= 0.6 is 0 Å². The number of aliphatic hydroxyl groups excluding tert-OH is 1. The Bertz CT molecular complexity index is 1150. The molecule has 6 atom stereocenters. The Labute approximate surface area is 246 Å². The maximum atomic E-state index is 13.8. The van der Waals surface area contributed by atoms with Gasteiger partial charge in [-0.05, 0) is 75.8 Å². The fraction of sp³-hybridized carbons (Fsp3) is 0.600. The van der Waals surface area contributed by atoms with Crippen molar-refractivity contribution >= 4 is 11.8 Å². The van der Waals surface area contributed by atoms with Gasteiger partial charge in [0.15, 0.2) is 0 Å². The number of carbonyl (C=O) groups excluding carboxylic acids is 2.